The minimum atomic E-state index is -3.87. The Hall–Kier alpha value is -2.29. The van der Waals surface area contributed by atoms with E-state index in [0.717, 1.165) is 12.3 Å². The van der Waals surface area contributed by atoms with Gasteiger partial charge in [0.05, 0.1) is 6.20 Å². The quantitative estimate of drug-likeness (QED) is 0.833. The maximum absolute atomic E-state index is 12.1. The maximum atomic E-state index is 12.1. The lowest BCUT2D eigenvalue weighted by molar-refractivity contribution is 0.0685. The van der Waals surface area contributed by atoms with Crippen molar-refractivity contribution in [2.45, 2.75) is 24.8 Å². The van der Waals surface area contributed by atoms with E-state index in [1.807, 2.05) is 6.92 Å². The number of carbonyl (C=O) groups is 1. The van der Waals surface area contributed by atoms with E-state index in [4.69, 9.17) is 5.11 Å². The summed E-state index contributed by atoms with van der Waals surface area (Å²) < 4.78 is 32.4. The van der Waals surface area contributed by atoms with Gasteiger partial charge >= 0.3 is 5.97 Å². The second kappa shape index (κ2) is 5.37. The van der Waals surface area contributed by atoms with Crippen LogP contribution in [0.4, 0.5) is 5.69 Å². The minimum absolute atomic E-state index is 0.0717. The standard InChI is InChI=1S/C11H13N3O5S/c1-2-3-14-6-9(4-10(14)11(15)16)20(17,18)13-8-5-12-19-7-8/h4-7,13H,2-3H2,1H3,(H,15,16). The highest BCUT2D eigenvalue weighted by molar-refractivity contribution is 7.92. The number of hydrogen-bond acceptors (Lipinski definition) is 5. The van der Waals surface area contributed by atoms with E-state index in [1.54, 1.807) is 0 Å². The summed E-state index contributed by atoms with van der Waals surface area (Å²) in [4.78, 5) is 11.0. The normalized spacial score (nSPS) is 11.4. The van der Waals surface area contributed by atoms with Crippen LogP contribution in [0.2, 0.25) is 0 Å². The average molecular weight is 299 g/mol. The number of anilines is 1. The third-order valence-electron chi connectivity index (χ3n) is 2.55. The Morgan fingerprint density at radius 2 is 2.30 bits per heavy atom. The summed E-state index contributed by atoms with van der Waals surface area (Å²) in [6.07, 6.45) is 4.33. The van der Waals surface area contributed by atoms with E-state index in [-0.39, 0.29) is 16.3 Å². The highest BCUT2D eigenvalue weighted by Gasteiger charge is 2.21. The summed E-state index contributed by atoms with van der Waals surface area (Å²) in [6, 6.07) is 1.12. The first-order valence-electron chi connectivity index (χ1n) is 5.79. The molecule has 0 spiro atoms. The zero-order chi connectivity index (χ0) is 14.8. The fourth-order valence-corrected chi connectivity index (χ4v) is 2.77. The molecular formula is C11H13N3O5S. The van der Waals surface area contributed by atoms with Crippen LogP contribution in [0.15, 0.2) is 34.1 Å². The smallest absolute Gasteiger partial charge is 0.352 e. The van der Waals surface area contributed by atoms with Crippen molar-refractivity contribution in [3.8, 4) is 0 Å². The number of hydrogen-bond donors (Lipinski definition) is 2. The van der Waals surface area contributed by atoms with Crippen molar-refractivity contribution in [1.29, 1.82) is 0 Å². The molecule has 0 atom stereocenters. The first kappa shape index (κ1) is 14.1. The second-order valence-electron chi connectivity index (χ2n) is 4.08. The number of aryl methyl sites for hydroxylation is 1. The van der Waals surface area contributed by atoms with Gasteiger partial charge in [0.2, 0.25) is 0 Å². The Balaban J connectivity index is 2.36. The number of nitrogens with zero attached hydrogens (tertiary/aromatic N) is 2. The molecule has 20 heavy (non-hydrogen) atoms. The molecule has 0 aliphatic heterocycles. The number of sulfonamides is 1. The number of rotatable bonds is 6. The van der Waals surface area contributed by atoms with Crippen molar-refractivity contribution in [2.75, 3.05) is 4.72 Å². The van der Waals surface area contributed by atoms with Crippen LogP contribution in [0.5, 0.6) is 0 Å². The predicted molar refractivity (Wildman–Crippen MR) is 69.0 cm³/mol. The summed E-state index contributed by atoms with van der Waals surface area (Å²) in [5.41, 5.74) is 0.0997. The van der Waals surface area contributed by atoms with E-state index < -0.39 is 16.0 Å². The SMILES string of the molecule is CCCn1cc(S(=O)(=O)Nc2cnoc2)cc1C(=O)O. The van der Waals surface area contributed by atoms with Crippen LogP contribution >= 0.6 is 0 Å². The molecule has 2 rings (SSSR count). The fraction of sp³-hybridized carbons (Fsp3) is 0.273. The van der Waals surface area contributed by atoms with E-state index in [2.05, 4.69) is 14.4 Å². The van der Waals surface area contributed by atoms with Gasteiger partial charge in [-0.15, -0.1) is 0 Å². The van der Waals surface area contributed by atoms with Gasteiger partial charge in [-0.2, -0.15) is 0 Å². The molecule has 0 aliphatic carbocycles. The van der Waals surface area contributed by atoms with Crippen LogP contribution in [0.1, 0.15) is 23.8 Å². The summed E-state index contributed by atoms with van der Waals surface area (Å²) in [5.74, 6) is -1.18. The number of carboxylic acids is 1. The third kappa shape index (κ3) is 2.82. The molecule has 0 aromatic carbocycles. The Labute approximate surface area is 115 Å². The molecule has 2 N–H and O–H groups in total. The van der Waals surface area contributed by atoms with Gasteiger partial charge in [0.25, 0.3) is 10.0 Å². The Morgan fingerprint density at radius 1 is 1.55 bits per heavy atom. The van der Waals surface area contributed by atoms with Crippen LogP contribution in [-0.2, 0) is 16.6 Å². The lowest BCUT2D eigenvalue weighted by Crippen LogP contribution is -2.11. The van der Waals surface area contributed by atoms with E-state index in [0.29, 0.717) is 13.0 Å². The molecule has 0 fully saturated rings. The molecule has 0 unspecified atom stereocenters. The van der Waals surface area contributed by atoms with Gasteiger partial charge in [-0.1, -0.05) is 12.1 Å². The highest BCUT2D eigenvalue weighted by Crippen LogP contribution is 2.19. The summed E-state index contributed by atoms with van der Waals surface area (Å²) in [6.45, 7) is 2.29. The lowest BCUT2D eigenvalue weighted by atomic mass is 10.4. The Kier molecular flexibility index (Phi) is 3.79. The molecule has 0 radical (unpaired) electrons. The highest BCUT2D eigenvalue weighted by atomic mass is 32.2. The molecule has 0 saturated heterocycles. The minimum Gasteiger partial charge on any atom is -0.477 e. The zero-order valence-corrected chi connectivity index (χ0v) is 11.4. The molecule has 2 heterocycles. The zero-order valence-electron chi connectivity index (χ0n) is 10.6. The fourth-order valence-electron chi connectivity index (χ4n) is 1.70. The first-order chi connectivity index (χ1) is 9.44. The van der Waals surface area contributed by atoms with E-state index in [1.165, 1.54) is 17.0 Å². The van der Waals surface area contributed by atoms with Crippen molar-refractivity contribution in [3.63, 3.8) is 0 Å². The molecule has 0 bridgehead atoms. The number of nitrogens with one attached hydrogen (secondary N) is 1. The van der Waals surface area contributed by atoms with E-state index >= 15 is 0 Å². The monoisotopic (exact) mass is 299 g/mol. The molecule has 0 saturated carbocycles. The molecule has 0 amide bonds. The predicted octanol–water partition coefficient (Wildman–Crippen LogP) is 1.39. The van der Waals surface area contributed by atoms with Crippen molar-refractivity contribution in [1.82, 2.24) is 9.72 Å². The number of carboxylic acid groups (broad SMARTS) is 1. The second-order valence-corrected chi connectivity index (χ2v) is 5.76. The Bertz CT molecular complexity index is 703. The largest absolute Gasteiger partial charge is 0.477 e. The molecule has 108 valence electrons. The van der Waals surface area contributed by atoms with Gasteiger partial charge < -0.3 is 14.2 Å². The van der Waals surface area contributed by atoms with Crippen molar-refractivity contribution in [3.05, 3.63) is 30.4 Å². The van der Waals surface area contributed by atoms with E-state index in [9.17, 15) is 13.2 Å². The van der Waals surface area contributed by atoms with Gasteiger partial charge in [0.15, 0.2) is 0 Å². The average Bonchev–Trinajstić information content (AvgIpc) is 2.98. The molecule has 8 nitrogen and oxygen atoms in total. The van der Waals surface area contributed by atoms with Gasteiger partial charge in [-0.25, -0.2) is 13.2 Å². The third-order valence-corrected chi connectivity index (χ3v) is 3.90. The molecule has 0 aliphatic rings. The van der Waals surface area contributed by atoms with Gasteiger partial charge in [0.1, 0.15) is 22.5 Å². The molecular weight excluding hydrogens is 286 g/mol. The first-order valence-corrected chi connectivity index (χ1v) is 7.28. The summed E-state index contributed by atoms with van der Waals surface area (Å²) in [5, 5.41) is 12.4. The van der Waals surface area contributed by atoms with Crippen LogP contribution in [-0.4, -0.2) is 29.2 Å². The maximum Gasteiger partial charge on any atom is 0.352 e. The van der Waals surface area contributed by atoms with Gasteiger partial charge in [-0.05, 0) is 12.5 Å². The number of aromatic nitrogens is 2. The topological polar surface area (TPSA) is 114 Å². The molecule has 2 aromatic heterocycles. The number of aromatic carboxylic acids is 1. The van der Waals surface area contributed by atoms with Crippen molar-refractivity contribution >= 4 is 21.7 Å². The van der Waals surface area contributed by atoms with Gasteiger partial charge in [0, 0.05) is 12.7 Å². The molecule has 9 heteroatoms. The molecule has 2 aromatic rings. The van der Waals surface area contributed by atoms with Crippen LogP contribution in [0.3, 0.4) is 0 Å². The van der Waals surface area contributed by atoms with Crippen LogP contribution in [0, 0.1) is 0 Å². The Morgan fingerprint density at radius 3 is 2.85 bits per heavy atom. The van der Waals surface area contributed by atoms with Crippen LogP contribution in [0.25, 0.3) is 0 Å². The van der Waals surface area contributed by atoms with Gasteiger partial charge in [-0.3, -0.25) is 4.72 Å². The van der Waals surface area contributed by atoms with Crippen molar-refractivity contribution in [2.24, 2.45) is 0 Å². The summed E-state index contributed by atoms with van der Waals surface area (Å²) >= 11 is 0. The van der Waals surface area contributed by atoms with Crippen molar-refractivity contribution < 1.29 is 22.8 Å². The van der Waals surface area contributed by atoms with Crippen LogP contribution < -0.4 is 4.72 Å². The summed E-state index contributed by atoms with van der Waals surface area (Å²) in [7, 11) is -3.87. The lowest BCUT2D eigenvalue weighted by Gasteiger charge is -2.03.